The van der Waals surface area contributed by atoms with Gasteiger partial charge in [-0.2, -0.15) is 0 Å². The van der Waals surface area contributed by atoms with Crippen LogP contribution in [0.25, 0.3) is 10.8 Å². The molecule has 0 bridgehead atoms. The average Bonchev–Trinajstić information content (AvgIpc) is 3.52. The fourth-order valence-corrected chi connectivity index (χ4v) is 3.53. The summed E-state index contributed by atoms with van der Waals surface area (Å²) < 4.78 is 6.03. The molecule has 1 saturated heterocycles. The predicted octanol–water partition coefficient (Wildman–Crippen LogP) is 3.55. The second-order valence-electron chi connectivity index (χ2n) is 7.36. The van der Waals surface area contributed by atoms with Crippen LogP contribution in [0.3, 0.4) is 0 Å². The molecular weight excluding hydrogens is 338 g/mol. The summed E-state index contributed by atoms with van der Waals surface area (Å²) in [7, 11) is 0. The predicted molar refractivity (Wildman–Crippen MR) is 102 cm³/mol. The van der Waals surface area contributed by atoms with Gasteiger partial charge in [-0.25, -0.2) is 9.97 Å². The Morgan fingerprint density at radius 2 is 1.89 bits per heavy atom. The molecule has 136 valence electrons. The normalized spacial score (nSPS) is 17.1. The minimum Gasteiger partial charge on any atom is -0.370 e. The highest BCUT2D eigenvalue weighted by Crippen LogP contribution is 2.37. The van der Waals surface area contributed by atoms with Gasteiger partial charge in [-0.1, -0.05) is 42.5 Å². The number of likely N-dealkylation sites (tertiary alicyclic amines) is 1. The largest absolute Gasteiger partial charge is 0.370 e. The second-order valence-corrected chi connectivity index (χ2v) is 7.36. The van der Waals surface area contributed by atoms with Gasteiger partial charge in [-0.05, 0) is 35.2 Å². The molecule has 0 spiro atoms. The number of hydrogen-bond donors (Lipinski definition) is 0. The lowest BCUT2D eigenvalue weighted by Crippen LogP contribution is -2.54. The molecule has 1 aromatic heterocycles. The van der Waals surface area contributed by atoms with Crippen molar-refractivity contribution in [1.82, 2.24) is 14.9 Å². The van der Waals surface area contributed by atoms with Gasteiger partial charge in [-0.3, -0.25) is 4.79 Å². The molecule has 1 aliphatic carbocycles. The van der Waals surface area contributed by atoms with Crippen LogP contribution in [0, 0.1) is 0 Å². The summed E-state index contributed by atoms with van der Waals surface area (Å²) in [5.74, 6) is 1.24. The van der Waals surface area contributed by atoms with Crippen LogP contribution in [0.5, 0.6) is 0 Å². The molecule has 2 heterocycles. The number of hydrogen-bond acceptors (Lipinski definition) is 4. The molecule has 1 saturated carbocycles. The standard InChI is InChI=1S/C22H21N3O2/c26-22(20-10-11-23-21(24-20)16-8-9-16)25-12-18(13-25)27-14-17-6-3-5-15-4-1-2-7-19(15)17/h1-7,10-11,16,18H,8-9,12-14H2. The molecule has 0 radical (unpaired) electrons. The number of amides is 1. The fourth-order valence-electron chi connectivity index (χ4n) is 3.53. The Labute approximate surface area is 158 Å². The first-order chi connectivity index (χ1) is 13.3. The molecular formula is C22H21N3O2. The van der Waals surface area contributed by atoms with Gasteiger partial charge in [-0.15, -0.1) is 0 Å². The Kier molecular flexibility index (Phi) is 4.09. The molecule has 3 aromatic rings. The lowest BCUT2D eigenvalue weighted by molar-refractivity contribution is -0.0501. The first-order valence-corrected chi connectivity index (χ1v) is 9.48. The highest BCUT2D eigenvalue weighted by molar-refractivity contribution is 5.92. The summed E-state index contributed by atoms with van der Waals surface area (Å²) in [6.07, 6.45) is 4.04. The molecule has 5 rings (SSSR count). The number of rotatable bonds is 5. The number of carbonyl (C=O) groups is 1. The summed E-state index contributed by atoms with van der Waals surface area (Å²) in [6.45, 7) is 1.80. The number of aromatic nitrogens is 2. The van der Waals surface area contributed by atoms with Crippen molar-refractivity contribution in [1.29, 1.82) is 0 Å². The van der Waals surface area contributed by atoms with Crippen LogP contribution in [-0.2, 0) is 11.3 Å². The molecule has 27 heavy (non-hydrogen) atoms. The van der Waals surface area contributed by atoms with Gasteiger partial charge in [0.05, 0.1) is 12.7 Å². The number of carbonyl (C=O) groups excluding carboxylic acids is 1. The maximum atomic E-state index is 12.6. The monoisotopic (exact) mass is 359 g/mol. The average molecular weight is 359 g/mol. The lowest BCUT2D eigenvalue weighted by atomic mass is 10.1. The Morgan fingerprint density at radius 3 is 2.74 bits per heavy atom. The van der Waals surface area contributed by atoms with Crippen LogP contribution in [0.1, 0.15) is 40.6 Å². The van der Waals surface area contributed by atoms with Crippen LogP contribution in [-0.4, -0.2) is 40.0 Å². The van der Waals surface area contributed by atoms with E-state index in [1.54, 1.807) is 17.2 Å². The summed E-state index contributed by atoms with van der Waals surface area (Å²) in [6, 6.07) is 16.3. The van der Waals surface area contributed by atoms with Crippen LogP contribution in [0.2, 0.25) is 0 Å². The van der Waals surface area contributed by atoms with Crippen molar-refractivity contribution >= 4 is 16.7 Å². The van der Waals surface area contributed by atoms with Crippen molar-refractivity contribution < 1.29 is 9.53 Å². The SMILES string of the molecule is O=C(c1ccnc(C2CC2)n1)N1CC(OCc2cccc3ccccc23)C1. The molecule has 1 aliphatic heterocycles. The van der Waals surface area contributed by atoms with Crippen molar-refractivity contribution in [2.45, 2.75) is 31.5 Å². The van der Waals surface area contributed by atoms with E-state index in [1.165, 1.54) is 16.3 Å². The van der Waals surface area contributed by atoms with Crippen LogP contribution in [0.4, 0.5) is 0 Å². The van der Waals surface area contributed by atoms with Gasteiger partial charge in [0.2, 0.25) is 0 Å². The minimum atomic E-state index is -0.0238. The quantitative estimate of drug-likeness (QED) is 0.699. The van der Waals surface area contributed by atoms with Gasteiger partial charge in [0.1, 0.15) is 11.5 Å². The lowest BCUT2D eigenvalue weighted by Gasteiger charge is -2.38. The molecule has 2 aromatic carbocycles. The number of nitrogens with zero attached hydrogens (tertiary/aromatic N) is 3. The summed E-state index contributed by atoms with van der Waals surface area (Å²) in [4.78, 5) is 23.1. The van der Waals surface area contributed by atoms with Gasteiger partial charge >= 0.3 is 0 Å². The van der Waals surface area contributed by atoms with E-state index in [1.807, 2.05) is 12.1 Å². The number of fused-ring (bicyclic) bond motifs is 1. The maximum absolute atomic E-state index is 12.6. The van der Waals surface area contributed by atoms with Gasteiger partial charge in [0.25, 0.3) is 5.91 Å². The molecule has 1 amide bonds. The topological polar surface area (TPSA) is 55.3 Å². The van der Waals surface area contributed by atoms with E-state index in [4.69, 9.17) is 4.74 Å². The van der Waals surface area contributed by atoms with E-state index >= 15 is 0 Å². The zero-order chi connectivity index (χ0) is 18.2. The Bertz CT molecular complexity index is 988. The fraction of sp³-hybridized carbons (Fsp3) is 0.318. The molecule has 2 fully saturated rings. The smallest absolute Gasteiger partial charge is 0.272 e. The van der Waals surface area contributed by atoms with Gasteiger partial charge in [0, 0.05) is 25.2 Å². The third kappa shape index (κ3) is 3.30. The van der Waals surface area contributed by atoms with Crippen molar-refractivity contribution in [3.63, 3.8) is 0 Å². The van der Waals surface area contributed by atoms with Gasteiger partial charge in [0.15, 0.2) is 0 Å². The number of ether oxygens (including phenoxy) is 1. The van der Waals surface area contributed by atoms with E-state index < -0.39 is 0 Å². The zero-order valence-corrected chi connectivity index (χ0v) is 15.0. The van der Waals surface area contributed by atoms with Gasteiger partial charge < -0.3 is 9.64 Å². The Balaban J connectivity index is 1.18. The summed E-state index contributed by atoms with van der Waals surface area (Å²) in [5.41, 5.74) is 1.68. The second kappa shape index (κ2) is 6.74. The zero-order valence-electron chi connectivity index (χ0n) is 15.0. The van der Waals surface area contributed by atoms with E-state index in [9.17, 15) is 4.79 Å². The molecule has 5 nitrogen and oxygen atoms in total. The van der Waals surface area contributed by atoms with Crippen LogP contribution in [0.15, 0.2) is 54.7 Å². The molecule has 5 heteroatoms. The summed E-state index contributed by atoms with van der Waals surface area (Å²) in [5, 5.41) is 2.44. The van der Waals surface area contributed by atoms with Crippen molar-refractivity contribution in [3.05, 3.63) is 71.8 Å². The van der Waals surface area contributed by atoms with Crippen LogP contribution < -0.4 is 0 Å². The maximum Gasteiger partial charge on any atom is 0.272 e. The first-order valence-electron chi connectivity index (χ1n) is 9.48. The molecule has 0 N–H and O–H groups in total. The Hall–Kier alpha value is -2.79. The third-order valence-corrected chi connectivity index (χ3v) is 5.33. The first kappa shape index (κ1) is 16.4. The minimum absolute atomic E-state index is 0.0238. The highest BCUT2D eigenvalue weighted by atomic mass is 16.5. The molecule has 2 aliphatic rings. The molecule has 0 unspecified atom stereocenters. The van der Waals surface area contributed by atoms with Crippen molar-refractivity contribution in [2.24, 2.45) is 0 Å². The molecule has 0 atom stereocenters. The Morgan fingerprint density at radius 1 is 1.07 bits per heavy atom. The summed E-state index contributed by atoms with van der Waals surface area (Å²) >= 11 is 0. The van der Waals surface area contributed by atoms with E-state index in [0.717, 1.165) is 18.7 Å². The van der Waals surface area contributed by atoms with Crippen LogP contribution >= 0.6 is 0 Å². The highest BCUT2D eigenvalue weighted by Gasteiger charge is 2.33. The third-order valence-electron chi connectivity index (χ3n) is 5.33. The van der Waals surface area contributed by atoms with Crippen molar-refractivity contribution in [3.8, 4) is 0 Å². The number of benzene rings is 2. The van der Waals surface area contributed by atoms with Crippen molar-refractivity contribution in [2.75, 3.05) is 13.1 Å². The van der Waals surface area contributed by atoms with E-state index in [-0.39, 0.29) is 12.0 Å². The van der Waals surface area contributed by atoms with E-state index in [2.05, 4.69) is 40.3 Å². The van der Waals surface area contributed by atoms with E-state index in [0.29, 0.717) is 31.3 Å².